The first-order valence-corrected chi connectivity index (χ1v) is 27.1. The standard InChI is InChI=1S/C59H100O6/c1-4-7-10-13-16-19-22-25-27-29-31-32-34-37-40-43-46-49-52-58(61)64-55-56(54-63-57(60)51-48-45-42-39-36-24-21-18-15-12-9-6-3)65-59(62)53-50-47-44-41-38-35-33-30-28-26-23-20-17-14-11-8-5-2/h8,11,17,19-20,22,26-29,33,35,41,44,56H,4-7,9-10,12-16,18,21,23-25,30-32,34,36-40,42-43,45-55H2,1-3H3/b11-8-,20-17-,22-19-,28-26-,29-27-,35-33-,44-41-. The lowest BCUT2D eigenvalue weighted by atomic mass is 10.0. The molecule has 65 heavy (non-hydrogen) atoms. The highest BCUT2D eigenvalue weighted by molar-refractivity contribution is 5.71. The van der Waals surface area contributed by atoms with Crippen molar-refractivity contribution in [2.24, 2.45) is 0 Å². The van der Waals surface area contributed by atoms with Crippen LogP contribution in [0.3, 0.4) is 0 Å². The van der Waals surface area contributed by atoms with Gasteiger partial charge in [-0.2, -0.15) is 0 Å². The summed E-state index contributed by atoms with van der Waals surface area (Å²) in [4.78, 5) is 38.0. The second kappa shape index (κ2) is 53.2. The maximum Gasteiger partial charge on any atom is 0.306 e. The Kier molecular flexibility index (Phi) is 50.4. The topological polar surface area (TPSA) is 78.9 Å². The van der Waals surface area contributed by atoms with E-state index in [0.29, 0.717) is 19.3 Å². The van der Waals surface area contributed by atoms with Gasteiger partial charge in [0.1, 0.15) is 13.2 Å². The van der Waals surface area contributed by atoms with E-state index in [1.54, 1.807) is 0 Å². The van der Waals surface area contributed by atoms with Crippen LogP contribution in [0.15, 0.2) is 85.1 Å². The third-order valence-electron chi connectivity index (χ3n) is 11.4. The van der Waals surface area contributed by atoms with Crippen molar-refractivity contribution >= 4 is 17.9 Å². The van der Waals surface area contributed by atoms with Gasteiger partial charge in [-0.15, -0.1) is 0 Å². The largest absolute Gasteiger partial charge is 0.462 e. The van der Waals surface area contributed by atoms with E-state index in [1.165, 1.54) is 116 Å². The lowest BCUT2D eigenvalue weighted by Crippen LogP contribution is -2.30. The van der Waals surface area contributed by atoms with Crippen LogP contribution >= 0.6 is 0 Å². The summed E-state index contributed by atoms with van der Waals surface area (Å²) in [6.07, 6.45) is 68.6. The van der Waals surface area contributed by atoms with Crippen molar-refractivity contribution < 1.29 is 28.6 Å². The Bertz CT molecular complexity index is 1270. The molecule has 0 bridgehead atoms. The molecule has 1 unspecified atom stereocenters. The fourth-order valence-corrected chi connectivity index (χ4v) is 7.33. The fourth-order valence-electron chi connectivity index (χ4n) is 7.33. The SMILES string of the molecule is CC/C=C\C/C=C\C/C=C\C/C=C\C/C=C\CCCC(=O)OC(COC(=O)CCCCCCCCC/C=C\C/C=C\CCCCCC)COC(=O)CCCCCCCCCCCCCC. The van der Waals surface area contributed by atoms with Crippen LogP contribution in [-0.4, -0.2) is 37.2 Å². The molecular formula is C59H100O6. The van der Waals surface area contributed by atoms with Crippen molar-refractivity contribution in [1.82, 2.24) is 0 Å². The summed E-state index contributed by atoms with van der Waals surface area (Å²) < 4.78 is 16.8. The van der Waals surface area contributed by atoms with Gasteiger partial charge in [0.2, 0.25) is 0 Å². The molecule has 0 heterocycles. The van der Waals surface area contributed by atoms with Gasteiger partial charge in [0.25, 0.3) is 0 Å². The summed E-state index contributed by atoms with van der Waals surface area (Å²) in [5.41, 5.74) is 0. The maximum atomic E-state index is 12.8. The summed E-state index contributed by atoms with van der Waals surface area (Å²) >= 11 is 0. The van der Waals surface area contributed by atoms with Crippen molar-refractivity contribution in [3.05, 3.63) is 85.1 Å². The average Bonchev–Trinajstić information content (AvgIpc) is 3.30. The molecule has 0 N–H and O–H groups in total. The number of hydrogen-bond donors (Lipinski definition) is 0. The molecule has 0 saturated heterocycles. The Morgan fingerprint density at radius 1 is 0.323 bits per heavy atom. The molecule has 0 aromatic heterocycles. The lowest BCUT2D eigenvalue weighted by Gasteiger charge is -2.18. The number of allylic oxidation sites excluding steroid dienone is 14. The van der Waals surface area contributed by atoms with Gasteiger partial charge in [-0.1, -0.05) is 228 Å². The molecule has 0 aromatic carbocycles. The molecule has 0 radical (unpaired) electrons. The van der Waals surface area contributed by atoms with Gasteiger partial charge in [0.15, 0.2) is 6.10 Å². The third-order valence-corrected chi connectivity index (χ3v) is 11.4. The van der Waals surface area contributed by atoms with Gasteiger partial charge in [-0.25, -0.2) is 0 Å². The average molecular weight is 905 g/mol. The second-order valence-electron chi connectivity index (χ2n) is 17.8. The predicted molar refractivity (Wildman–Crippen MR) is 279 cm³/mol. The van der Waals surface area contributed by atoms with E-state index in [9.17, 15) is 14.4 Å². The highest BCUT2D eigenvalue weighted by Crippen LogP contribution is 2.14. The van der Waals surface area contributed by atoms with E-state index in [0.717, 1.165) is 89.9 Å². The van der Waals surface area contributed by atoms with Crippen LogP contribution in [0.25, 0.3) is 0 Å². The van der Waals surface area contributed by atoms with E-state index < -0.39 is 6.10 Å². The fraction of sp³-hybridized carbons (Fsp3) is 0.712. The van der Waals surface area contributed by atoms with Crippen LogP contribution in [0, 0.1) is 0 Å². The van der Waals surface area contributed by atoms with Gasteiger partial charge < -0.3 is 14.2 Å². The summed E-state index contributed by atoms with van der Waals surface area (Å²) in [6.45, 7) is 6.46. The van der Waals surface area contributed by atoms with Crippen LogP contribution < -0.4 is 0 Å². The number of carbonyl (C=O) groups is 3. The molecule has 0 spiro atoms. The molecule has 6 nitrogen and oxygen atoms in total. The first-order chi connectivity index (χ1) is 32.0. The zero-order chi connectivity index (χ0) is 47.2. The minimum Gasteiger partial charge on any atom is -0.462 e. The van der Waals surface area contributed by atoms with Crippen LogP contribution in [0.1, 0.15) is 252 Å². The molecule has 0 fully saturated rings. The maximum absolute atomic E-state index is 12.8. The lowest BCUT2D eigenvalue weighted by molar-refractivity contribution is -0.167. The monoisotopic (exact) mass is 905 g/mol. The predicted octanol–water partition coefficient (Wildman–Crippen LogP) is 18.0. The van der Waals surface area contributed by atoms with Crippen LogP contribution in [-0.2, 0) is 28.6 Å². The number of esters is 3. The van der Waals surface area contributed by atoms with E-state index in [2.05, 4.69) is 106 Å². The summed E-state index contributed by atoms with van der Waals surface area (Å²) in [5.74, 6) is -0.965. The normalized spacial score (nSPS) is 12.7. The Balaban J connectivity index is 4.47. The molecule has 0 rings (SSSR count). The van der Waals surface area contributed by atoms with Gasteiger partial charge in [-0.05, 0) is 89.9 Å². The van der Waals surface area contributed by atoms with Gasteiger partial charge in [-0.3, -0.25) is 14.4 Å². The Morgan fingerprint density at radius 3 is 1.00 bits per heavy atom. The van der Waals surface area contributed by atoms with Crippen LogP contribution in [0.2, 0.25) is 0 Å². The summed E-state index contributed by atoms with van der Waals surface area (Å²) in [6, 6.07) is 0. The minimum atomic E-state index is -0.808. The quantitative estimate of drug-likeness (QED) is 0.0262. The zero-order valence-corrected chi connectivity index (χ0v) is 42.5. The first-order valence-electron chi connectivity index (χ1n) is 27.1. The smallest absolute Gasteiger partial charge is 0.306 e. The number of carbonyl (C=O) groups excluding carboxylic acids is 3. The van der Waals surface area contributed by atoms with Crippen molar-refractivity contribution in [2.45, 2.75) is 258 Å². The molecule has 0 aromatic rings. The van der Waals surface area contributed by atoms with Crippen LogP contribution in [0.5, 0.6) is 0 Å². The minimum absolute atomic E-state index is 0.100. The van der Waals surface area contributed by atoms with Gasteiger partial charge in [0, 0.05) is 19.3 Å². The molecule has 0 amide bonds. The van der Waals surface area contributed by atoms with Gasteiger partial charge in [0.05, 0.1) is 0 Å². The molecular weight excluding hydrogens is 805 g/mol. The number of hydrogen-bond acceptors (Lipinski definition) is 6. The Labute approximate surface area is 401 Å². The molecule has 0 aliphatic rings. The molecule has 0 saturated carbocycles. The van der Waals surface area contributed by atoms with Crippen molar-refractivity contribution in [2.75, 3.05) is 13.2 Å². The molecule has 372 valence electrons. The molecule has 0 aliphatic carbocycles. The Hall–Kier alpha value is -3.41. The Morgan fingerprint density at radius 2 is 0.615 bits per heavy atom. The molecule has 0 aliphatic heterocycles. The first kappa shape index (κ1) is 61.6. The highest BCUT2D eigenvalue weighted by Gasteiger charge is 2.19. The number of ether oxygens (including phenoxy) is 3. The molecule has 1 atom stereocenters. The van der Waals surface area contributed by atoms with Crippen molar-refractivity contribution in [3.63, 3.8) is 0 Å². The second-order valence-corrected chi connectivity index (χ2v) is 17.8. The zero-order valence-electron chi connectivity index (χ0n) is 42.5. The summed E-state index contributed by atoms with van der Waals surface area (Å²) in [5, 5.41) is 0. The van der Waals surface area contributed by atoms with E-state index >= 15 is 0 Å². The van der Waals surface area contributed by atoms with E-state index in [4.69, 9.17) is 14.2 Å². The number of unbranched alkanes of at least 4 members (excludes halogenated alkanes) is 23. The summed E-state index contributed by atoms with van der Waals surface area (Å²) in [7, 11) is 0. The van der Waals surface area contributed by atoms with Crippen molar-refractivity contribution in [1.29, 1.82) is 0 Å². The number of rotatable bonds is 48. The van der Waals surface area contributed by atoms with Crippen molar-refractivity contribution in [3.8, 4) is 0 Å². The van der Waals surface area contributed by atoms with Gasteiger partial charge >= 0.3 is 17.9 Å². The van der Waals surface area contributed by atoms with E-state index in [-0.39, 0.29) is 37.5 Å². The molecule has 6 heteroatoms. The third kappa shape index (κ3) is 51.4. The van der Waals surface area contributed by atoms with E-state index in [1.807, 2.05) is 0 Å². The van der Waals surface area contributed by atoms with Crippen LogP contribution in [0.4, 0.5) is 0 Å². The highest BCUT2D eigenvalue weighted by atomic mass is 16.6.